The van der Waals surface area contributed by atoms with Crippen molar-refractivity contribution in [3.63, 3.8) is 0 Å². The van der Waals surface area contributed by atoms with E-state index in [1.807, 2.05) is 35.0 Å². The van der Waals surface area contributed by atoms with Gasteiger partial charge >= 0.3 is 0 Å². The molecule has 7 nitrogen and oxygen atoms in total. The van der Waals surface area contributed by atoms with Gasteiger partial charge in [-0.2, -0.15) is 5.10 Å². The number of hydrogen-bond donors (Lipinski definition) is 2. The Hall–Kier alpha value is -2.80. The third kappa shape index (κ3) is 3.66. The number of nitrogens with one attached hydrogen (secondary N) is 1. The number of methoxy groups -OCH3 is 1. The number of hydrogen-bond acceptors (Lipinski definition) is 4. The third-order valence-electron chi connectivity index (χ3n) is 4.25. The van der Waals surface area contributed by atoms with Crippen molar-refractivity contribution in [3.05, 3.63) is 48.4 Å². The van der Waals surface area contributed by atoms with Crippen LogP contribution >= 0.6 is 0 Å². The van der Waals surface area contributed by atoms with Crippen LogP contribution in [-0.4, -0.2) is 39.0 Å². The minimum atomic E-state index is -1.17. The number of benzene rings is 1. The Morgan fingerprint density at radius 3 is 2.88 bits per heavy atom. The van der Waals surface area contributed by atoms with E-state index in [-0.39, 0.29) is 19.0 Å². The summed E-state index contributed by atoms with van der Waals surface area (Å²) in [6.45, 7) is 1.95. The maximum atomic E-state index is 12.3. The van der Waals surface area contributed by atoms with Gasteiger partial charge in [-0.25, -0.2) is 0 Å². The van der Waals surface area contributed by atoms with E-state index in [2.05, 4.69) is 10.4 Å². The molecule has 2 heterocycles. The Morgan fingerprint density at radius 2 is 2.20 bits per heavy atom. The average molecular weight is 342 g/mol. The normalized spacial score (nSPS) is 13.6. The van der Waals surface area contributed by atoms with Crippen LogP contribution in [0, 0.1) is 0 Å². The van der Waals surface area contributed by atoms with Gasteiger partial charge < -0.3 is 19.7 Å². The zero-order chi connectivity index (χ0) is 18.0. The molecule has 25 heavy (non-hydrogen) atoms. The van der Waals surface area contributed by atoms with Crippen LogP contribution in [0.15, 0.2) is 42.9 Å². The number of aromatic nitrogens is 3. The molecule has 0 aliphatic heterocycles. The molecule has 1 unspecified atom stereocenters. The largest absolute Gasteiger partial charge is 0.497 e. The van der Waals surface area contributed by atoms with E-state index in [1.54, 1.807) is 38.2 Å². The average Bonchev–Trinajstić information content (AvgIpc) is 3.20. The zero-order valence-electron chi connectivity index (χ0n) is 14.6. The van der Waals surface area contributed by atoms with Gasteiger partial charge in [0.15, 0.2) is 0 Å². The number of nitrogens with zero attached hydrogens (tertiary/aromatic N) is 3. The highest BCUT2D eigenvalue weighted by Crippen LogP contribution is 2.22. The fourth-order valence-corrected chi connectivity index (χ4v) is 2.73. The molecule has 0 radical (unpaired) electrons. The molecule has 3 rings (SSSR count). The van der Waals surface area contributed by atoms with Crippen molar-refractivity contribution < 1.29 is 14.6 Å². The van der Waals surface area contributed by atoms with Crippen LogP contribution in [0.25, 0.3) is 10.9 Å². The summed E-state index contributed by atoms with van der Waals surface area (Å²) in [4.78, 5) is 12.3. The standard InChI is InChI=1S/C18H22N4O3/c1-18(24,14-9-20-21(2)10-14)12-19-17(23)11-22-7-6-13-8-15(25-3)4-5-16(13)22/h4-10,24H,11-12H2,1-3H3,(H,19,23). The van der Waals surface area contributed by atoms with Gasteiger partial charge in [-0.1, -0.05) is 0 Å². The Morgan fingerprint density at radius 1 is 1.40 bits per heavy atom. The molecular weight excluding hydrogens is 320 g/mol. The first kappa shape index (κ1) is 17.0. The minimum Gasteiger partial charge on any atom is -0.497 e. The van der Waals surface area contributed by atoms with Gasteiger partial charge in [-0.15, -0.1) is 0 Å². The number of aliphatic hydroxyl groups is 1. The Bertz CT molecular complexity index is 895. The van der Waals surface area contributed by atoms with Crippen molar-refractivity contribution in [2.45, 2.75) is 19.1 Å². The number of rotatable bonds is 6. The quantitative estimate of drug-likeness (QED) is 0.710. The molecule has 1 amide bonds. The van der Waals surface area contributed by atoms with Crippen LogP contribution in [0.3, 0.4) is 0 Å². The Balaban J connectivity index is 1.65. The van der Waals surface area contributed by atoms with Crippen molar-refractivity contribution in [1.82, 2.24) is 19.7 Å². The highest BCUT2D eigenvalue weighted by atomic mass is 16.5. The second-order valence-corrected chi connectivity index (χ2v) is 6.32. The highest BCUT2D eigenvalue weighted by Gasteiger charge is 2.25. The Kier molecular flexibility index (Phi) is 4.50. The predicted octanol–water partition coefficient (Wildman–Crippen LogP) is 1.41. The topological polar surface area (TPSA) is 81.3 Å². The first-order chi connectivity index (χ1) is 11.9. The Labute approximate surface area is 145 Å². The van der Waals surface area contributed by atoms with Crippen LogP contribution in [-0.2, 0) is 24.0 Å². The van der Waals surface area contributed by atoms with E-state index in [0.29, 0.717) is 5.56 Å². The van der Waals surface area contributed by atoms with Gasteiger partial charge in [0.2, 0.25) is 5.91 Å². The summed E-state index contributed by atoms with van der Waals surface area (Å²) in [7, 11) is 3.41. The number of carbonyl (C=O) groups excluding carboxylic acids is 1. The van der Waals surface area contributed by atoms with Crippen molar-refractivity contribution in [2.75, 3.05) is 13.7 Å². The summed E-state index contributed by atoms with van der Waals surface area (Å²) >= 11 is 0. The number of fused-ring (bicyclic) bond motifs is 1. The summed E-state index contributed by atoms with van der Waals surface area (Å²) in [5.41, 5.74) is 0.444. The molecule has 1 aromatic carbocycles. The van der Waals surface area contributed by atoms with Gasteiger partial charge in [-0.05, 0) is 31.2 Å². The summed E-state index contributed by atoms with van der Waals surface area (Å²) in [5, 5.41) is 18.4. The fraction of sp³-hybridized carbons (Fsp3) is 0.333. The molecule has 0 saturated carbocycles. The van der Waals surface area contributed by atoms with E-state index in [0.717, 1.165) is 16.7 Å². The number of amides is 1. The summed E-state index contributed by atoms with van der Waals surface area (Å²) in [5.74, 6) is 0.611. The van der Waals surface area contributed by atoms with Crippen LogP contribution < -0.4 is 10.1 Å². The van der Waals surface area contributed by atoms with Crippen LogP contribution in [0.5, 0.6) is 5.75 Å². The fourth-order valence-electron chi connectivity index (χ4n) is 2.73. The third-order valence-corrected chi connectivity index (χ3v) is 4.25. The molecular formula is C18H22N4O3. The van der Waals surface area contributed by atoms with Crippen molar-refractivity contribution in [1.29, 1.82) is 0 Å². The maximum Gasteiger partial charge on any atom is 0.240 e. The van der Waals surface area contributed by atoms with Crippen LogP contribution in [0.1, 0.15) is 12.5 Å². The molecule has 0 spiro atoms. The van der Waals surface area contributed by atoms with E-state index >= 15 is 0 Å². The molecule has 2 N–H and O–H groups in total. The minimum absolute atomic E-state index is 0.116. The molecule has 0 aliphatic carbocycles. The lowest BCUT2D eigenvalue weighted by Gasteiger charge is -2.22. The molecule has 0 fully saturated rings. The molecule has 1 atom stereocenters. The van der Waals surface area contributed by atoms with Crippen molar-refractivity contribution in [3.8, 4) is 5.75 Å². The van der Waals surface area contributed by atoms with Gasteiger partial charge in [0, 0.05) is 35.9 Å². The lowest BCUT2D eigenvalue weighted by Crippen LogP contribution is -2.39. The van der Waals surface area contributed by atoms with E-state index in [4.69, 9.17) is 4.74 Å². The molecule has 7 heteroatoms. The lowest BCUT2D eigenvalue weighted by atomic mass is 10.00. The number of ether oxygens (including phenoxy) is 1. The lowest BCUT2D eigenvalue weighted by molar-refractivity contribution is -0.122. The molecule has 0 aliphatic rings. The van der Waals surface area contributed by atoms with Gasteiger partial charge in [-0.3, -0.25) is 9.48 Å². The van der Waals surface area contributed by atoms with Gasteiger partial charge in [0.1, 0.15) is 17.9 Å². The SMILES string of the molecule is COc1ccc2c(ccn2CC(=O)NCC(C)(O)c2cnn(C)c2)c1. The van der Waals surface area contributed by atoms with E-state index in [9.17, 15) is 9.90 Å². The predicted molar refractivity (Wildman–Crippen MR) is 94.3 cm³/mol. The molecule has 2 aromatic heterocycles. The summed E-state index contributed by atoms with van der Waals surface area (Å²) in [6, 6.07) is 7.66. The first-order valence-electron chi connectivity index (χ1n) is 8.00. The van der Waals surface area contributed by atoms with Crippen molar-refractivity contribution in [2.24, 2.45) is 7.05 Å². The van der Waals surface area contributed by atoms with Crippen LogP contribution in [0.2, 0.25) is 0 Å². The summed E-state index contributed by atoms with van der Waals surface area (Å²) in [6.07, 6.45) is 5.20. The van der Waals surface area contributed by atoms with Gasteiger partial charge in [0.05, 0.1) is 19.9 Å². The van der Waals surface area contributed by atoms with Crippen LogP contribution in [0.4, 0.5) is 0 Å². The highest BCUT2D eigenvalue weighted by molar-refractivity contribution is 5.84. The zero-order valence-corrected chi connectivity index (χ0v) is 14.6. The number of carbonyl (C=O) groups is 1. The molecule has 0 saturated heterocycles. The second kappa shape index (κ2) is 6.60. The smallest absolute Gasteiger partial charge is 0.240 e. The molecule has 3 aromatic rings. The van der Waals surface area contributed by atoms with Gasteiger partial charge in [0.25, 0.3) is 0 Å². The molecule has 0 bridgehead atoms. The maximum absolute atomic E-state index is 12.3. The second-order valence-electron chi connectivity index (χ2n) is 6.32. The monoisotopic (exact) mass is 342 g/mol. The molecule has 132 valence electrons. The van der Waals surface area contributed by atoms with E-state index in [1.165, 1.54) is 0 Å². The van der Waals surface area contributed by atoms with E-state index < -0.39 is 5.60 Å². The van der Waals surface area contributed by atoms with Crippen molar-refractivity contribution >= 4 is 16.8 Å². The summed E-state index contributed by atoms with van der Waals surface area (Å²) < 4.78 is 8.69. The first-order valence-corrected chi connectivity index (χ1v) is 8.00. The number of aryl methyl sites for hydroxylation is 1.